The lowest BCUT2D eigenvalue weighted by molar-refractivity contribution is -0.118. The highest BCUT2D eigenvalue weighted by atomic mass is 32.2. The highest BCUT2D eigenvalue weighted by Gasteiger charge is 2.31. The predicted octanol–water partition coefficient (Wildman–Crippen LogP) is 3.27. The van der Waals surface area contributed by atoms with Gasteiger partial charge in [0.15, 0.2) is 5.16 Å². The first-order valence-electron chi connectivity index (χ1n) is 9.64. The third-order valence-electron chi connectivity index (χ3n) is 4.76. The Balaban J connectivity index is 1.71. The smallest absolute Gasteiger partial charge is 0.237 e. The molecule has 1 aromatic heterocycles. The molecule has 1 aliphatic carbocycles. The van der Waals surface area contributed by atoms with Crippen molar-refractivity contribution >= 4 is 29.3 Å². The lowest BCUT2D eigenvalue weighted by atomic mass is 10.0. The number of nitrogens with zero attached hydrogens (tertiary/aromatic N) is 3. The normalized spacial score (nSPS) is 14.9. The molecule has 0 radical (unpaired) electrons. The van der Waals surface area contributed by atoms with Crippen LogP contribution in [-0.2, 0) is 16.1 Å². The molecule has 150 valence electrons. The van der Waals surface area contributed by atoms with Crippen LogP contribution in [0, 0.1) is 0 Å². The average molecular weight is 402 g/mol. The molecular formula is C20H27N5O2S. The SMILES string of the molecule is CC(Sc1nnc(C2CC2)n1CCC(N)=O)C(=O)Nc1ccccc1C(C)C. The van der Waals surface area contributed by atoms with E-state index < -0.39 is 0 Å². The van der Waals surface area contributed by atoms with Crippen molar-refractivity contribution in [2.75, 3.05) is 5.32 Å². The Kier molecular flexibility index (Phi) is 6.39. The second kappa shape index (κ2) is 8.77. The second-order valence-electron chi connectivity index (χ2n) is 7.47. The summed E-state index contributed by atoms with van der Waals surface area (Å²) in [6.45, 7) is 6.50. The summed E-state index contributed by atoms with van der Waals surface area (Å²) < 4.78 is 1.94. The molecule has 1 fully saturated rings. The molecule has 1 aromatic carbocycles. The number of amides is 2. The lowest BCUT2D eigenvalue weighted by Gasteiger charge is -2.16. The number of thioether (sulfide) groups is 1. The first kappa shape index (κ1) is 20.4. The van der Waals surface area contributed by atoms with Gasteiger partial charge < -0.3 is 15.6 Å². The van der Waals surface area contributed by atoms with Crippen LogP contribution in [0.2, 0.25) is 0 Å². The van der Waals surface area contributed by atoms with Crippen molar-refractivity contribution in [3.63, 3.8) is 0 Å². The largest absolute Gasteiger partial charge is 0.370 e. The van der Waals surface area contributed by atoms with E-state index in [9.17, 15) is 9.59 Å². The van der Waals surface area contributed by atoms with Gasteiger partial charge in [0.1, 0.15) is 5.82 Å². The first-order valence-corrected chi connectivity index (χ1v) is 10.5. The number of carbonyl (C=O) groups is 2. The first-order chi connectivity index (χ1) is 13.4. The van der Waals surface area contributed by atoms with Gasteiger partial charge in [-0.1, -0.05) is 43.8 Å². The van der Waals surface area contributed by atoms with Gasteiger partial charge in [0.2, 0.25) is 11.8 Å². The van der Waals surface area contributed by atoms with E-state index in [1.807, 2.05) is 35.8 Å². The summed E-state index contributed by atoms with van der Waals surface area (Å²) in [6, 6.07) is 7.84. The molecule has 3 rings (SSSR count). The van der Waals surface area contributed by atoms with Gasteiger partial charge in [-0.2, -0.15) is 0 Å². The number of primary amides is 1. The van der Waals surface area contributed by atoms with Gasteiger partial charge in [0.25, 0.3) is 0 Å². The van der Waals surface area contributed by atoms with E-state index in [0.29, 0.717) is 23.5 Å². The van der Waals surface area contributed by atoms with Crippen LogP contribution in [0.25, 0.3) is 0 Å². The topological polar surface area (TPSA) is 103 Å². The van der Waals surface area contributed by atoms with Crippen molar-refractivity contribution in [1.29, 1.82) is 0 Å². The van der Waals surface area contributed by atoms with Crippen molar-refractivity contribution in [1.82, 2.24) is 14.8 Å². The van der Waals surface area contributed by atoms with Crippen molar-refractivity contribution in [2.45, 2.75) is 68.8 Å². The van der Waals surface area contributed by atoms with E-state index in [2.05, 4.69) is 29.4 Å². The fourth-order valence-corrected chi connectivity index (χ4v) is 3.91. The number of hydrogen-bond acceptors (Lipinski definition) is 5. The summed E-state index contributed by atoms with van der Waals surface area (Å²) >= 11 is 1.35. The van der Waals surface area contributed by atoms with E-state index in [1.165, 1.54) is 11.8 Å². The van der Waals surface area contributed by atoms with Gasteiger partial charge in [0.05, 0.1) is 5.25 Å². The molecule has 8 heteroatoms. The Bertz CT molecular complexity index is 860. The van der Waals surface area contributed by atoms with Crippen molar-refractivity contribution in [2.24, 2.45) is 5.73 Å². The zero-order chi connectivity index (χ0) is 20.3. The molecule has 0 saturated heterocycles. The van der Waals surface area contributed by atoms with Gasteiger partial charge in [-0.15, -0.1) is 10.2 Å². The zero-order valence-corrected chi connectivity index (χ0v) is 17.3. The van der Waals surface area contributed by atoms with Gasteiger partial charge in [-0.05, 0) is 37.3 Å². The van der Waals surface area contributed by atoms with Crippen LogP contribution < -0.4 is 11.1 Å². The summed E-state index contributed by atoms with van der Waals surface area (Å²) in [5, 5.41) is 11.9. The molecule has 0 bridgehead atoms. The zero-order valence-electron chi connectivity index (χ0n) is 16.5. The van der Waals surface area contributed by atoms with E-state index in [1.54, 1.807) is 0 Å². The van der Waals surface area contributed by atoms with Crippen LogP contribution in [-0.4, -0.2) is 31.8 Å². The molecule has 1 atom stereocenters. The summed E-state index contributed by atoms with van der Waals surface area (Å²) in [5.41, 5.74) is 7.25. The minimum absolute atomic E-state index is 0.0875. The lowest BCUT2D eigenvalue weighted by Crippen LogP contribution is -2.24. The van der Waals surface area contributed by atoms with Crippen LogP contribution in [0.3, 0.4) is 0 Å². The van der Waals surface area contributed by atoms with Gasteiger partial charge in [-0.3, -0.25) is 9.59 Å². The number of carbonyl (C=O) groups excluding carboxylic acids is 2. The molecule has 1 saturated carbocycles. The molecule has 1 heterocycles. The highest BCUT2D eigenvalue weighted by Crippen LogP contribution is 2.40. The number of nitrogens with one attached hydrogen (secondary N) is 1. The van der Waals surface area contributed by atoms with Crippen LogP contribution >= 0.6 is 11.8 Å². The molecule has 2 amide bonds. The number of aromatic nitrogens is 3. The molecule has 3 N–H and O–H groups in total. The quantitative estimate of drug-likeness (QED) is 0.628. The number of para-hydroxylation sites is 1. The number of benzene rings is 1. The maximum atomic E-state index is 12.8. The van der Waals surface area contributed by atoms with Crippen LogP contribution in [0.15, 0.2) is 29.4 Å². The third-order valence-corrected chi connectivity index (χ3v) is 5.84. The molecule has 1 aliphatic rings. The minimum atomic E-state index is -0.359. The van der Waals surface area contributed by atoms with Gasteiger partial charge in [0, 0.05) is 24.6 Å². The monoisotopic (exact) mass is 401 g/mol. The van der Waals surface area contributed by atoms with Crippen molar-refractivity contribution in [3.05, 3.63) is 35.7 Å². The number of anilines is 1. The highest BCUT2D eigenvalue weighted by molar-refractivity contribution is 8.00. The molecule has 28 heavy (non-hydrogen) atoms. The number of hydrogen-bond donors (Lipinski definition) is 2. The summed E-state index contributed by atoms with van der Waals surface area (Å²) in [6.07, 6.45) is 2.40. The van der Waals surface area contributed by atoms with Crippen LogP contribution in [0.5, 0.6) is 0 Å². The fraction of sp³-hybridized carbons (Fsp3) is 0.500. The van der Waals surface area contributed by atoms with E-state index in [4.69, 9.17) is 5.73 Å². The maximum absolute atomic E-state index is 12.8. The number of rotatable bonds is 9. The molecule has 2 aromatic rings. The van der Waals surface area contributed by atoms with Gasteiger partial charge >= 0.3 is 0 Å². The minimum Gasteiger partial charge on any atom is -0.370 e. The summed E-state index contributed by atoms with van der Waals surface area (Å²) in [4.78, 5) is 24.0. The standard InChI is InChI=1S/C20H27N5O2S/c1-12(2)15-6-4-5-7-16(15)22-19(27)13(3)28-20-24-23-18(14-8-9-14)25(20)11-10-17(21)26/h4-7,12-14H,8-11H2,1-3H3,(H2,21,26)(H,22,27). The second-order valence-corrected chi connectivity index (χ2v) is 8.78. The Hall–Kier alpha value is -2.35. The van der Waals surface area contributed by atoms with Crippen molar-refractivity contribution in [3.8, 4) is 0 Å². The van der Waals surface area contributed by atoms with E-state index in [-0.39, 0.29) is 23.5 Å². The Morgan fingerprint density at radius 1 is 1.25 bits per heavy atom. The third kappa shape index (κ3) is 4.92. The fourth-order valence-electron chi connectivity index (χ4n) is 3.02. The predicted molar refractivity (Wildman–Crippen MR) is 110 cm³/mol. The molecule has 0 aliphatic heterocycles. The Morgan fingerprint density at radius 3 is 2.61 bits per heavy atom. The Labute approximate surface area is 169 Å². The molecule has 1 unspecified atom stereocenters. The molecular weight excluding hydrogens is 374 g/mol. The van der Waals surface area contributed by atoms with Crippen LogP contribution in [0.4, 0.5) is 5.69 Å². The average Bonchev–Trinajstić information content (AvgIpc) is 3.42. The maximum Gasteiger partial charge on any atom is 0.237 e. The molecule has 7 nitrogen and oxygen atoms in total. The Morgan fingerprint density at radius 2 is 1.96 bits per heavy atom. The summed E-state index contributed by atoms with van der Waals surface area (Å²) in [7, 11) is 0. The van der Waals surface area contributed by atoms with E-state index >= 15 is 0 Å². The molecule has 0 spiro atoms. The number of nitrogens with two attached hydrogens (primary N) is 1. The van der Waals surface area contributed by atoms with Crippen molar-refractivity contribution < 1.29 is 9.59 Å². The van der Waals surface area contributed by atoms with Crippen LogP contribution in [0.1, 0.15) is 63.3 Å². The van der Waals surface area contributed by atoms with Gasteiger partial charge in [-0.25, -0.2) is 0 Å². The summed E-state index contributed by atoms with van der Waals surface area (Å²) in [5.74, 6) is 1.16. The van der Waals surface area contributed by atoms with E-state index in [0.717, 1.165) is 29.9 Å².